The smallest absolute Gasteiger partial charge is 0.179 e. The van der Waals surface area contributed by atoms with Gasteiger partial charge < -0.3 is 19.4 Å². The van der Waals surface area contributed by atoms with Crippen molar-refractivity contribution < 1.29 is 4.74 Å². The molecule has 4 aromatic carbocycles. The van der Waals surface area contributed by atoms with Crippen molar-refractivity contribution in [2.24, 2.45) is 0 Å². The summed E-state index contributed by atoms with van der Waals surface area (Å²) in [5.41, 5.74) is 3.59. The second kappa shape index (κ2) is 10.5. The van der Waals surface area contributed by atoms with Gasteiger partial charge in [0.2, 0.25) is 0 Å². The van der Waals surface area contributed by atoms with Crippen molar-refractivity contribution in [3.05, 3.63) is 97.1 Å². The fraction of sp³-hybridized carbons (Fsp3) is 0.226. The van der Waals surface area contributed by atoms with E-state index in [-0.39, 0.29) is 0 Å². The van der Waals surface area contributed by atoms with Crippen molar-refractivity contribution in [1.29, 1.82) is 0 Å². The van der Waals surface area contributed by atoms with Gasteiger partial charge in [0.05, 0.1) is 7.11 Å². The van der Waals surface area contributed by atoms with E-state index in [4.69, 9.17) is 4.74 Å². The van der Waals surface area contributed by atoms with E-state index >= 15 is 0 Å². The van der Waals surface area contributed by atoms with Gasteiger partial charge in [-0.2, -0.15) is 0 Å². The number of rotatable bonds is 8. The van der Waals surface area contributed by atoms with E-state index in [1.807, 2.05) is 0 Å². The molecule has 0 fully saturated rings. The van der Waals surface area contributed by atoms with Crippen LogP contribution >= 0.6 is 0 Å². The molecule has 0 amide bonds. The Kier molecular flexibility index (Phi) is 7.41. The Hall–Kier alpha value is -3.70. The first-order valence-corrected chi connectivity index (χ1v) is 14.3. The maximum atomic E-state index is 5.52. The van der Waals surface area contributed by atoms with Gasteiger partial charge in [-0.25, -0.2) is 0 Å². The van der Waals surface area contributed by atoms with Gasteiger partial charge in [0.15, 0.2) is 8.07 Å². The molecule has 0 atom stereocenters. The molecule has 0 aliphatic rings. The summed E-state index contributed by atoms with van der Waals surface area (Å²) in [5.74, 6) is 0.871. The lowest BCUT2D eigenvalue weighted by molar-refractivity contribution is 0.415. The van der Waals surface area contributed by atoms with Crippen molar-refractivity contribution in [1.82, 2.24) is 0 Å². The van der Waals surface area contributed by atoms with Crippen LogP contribution < -0.4 is 40.2 Å². The van der Waals surface area contributed by atoms with E-state index in [2.05, 4.69) is 154 Å². The molecule has 0 saturated carbocycles. The van der Waals surface area contributed by atoms with E-state index in [1.54, 1.807) is 7.11 Å². The molecule has 0 bridgehead atoms. The van der Waals surface area contributed by atoms with Gasteiger partial charge in [-0.15, -0.1) is 0 Å². The first-order chi connectivity index (χ1) is 17.3. The van der Waals surface area contributed by atoms with Gasteiger partial charge in [-0.1, -0.05) is 48.5 Å². The highest BCUT2D eigenvalue weighted by atomic mass is 28.3. The summed E-state index contributed by atoms with van der Waals surface area (Å²) in [7, 11) is 11.6. The minimum absolute atomic E-state index is 0.871. The summed E-state index contributed by atoms with van der Waals surface area (Å²) >= 11 is 0. The molecule has 0 aliphatic heterocycles. The topological polar surface area (TPSA) is 19.0 Å². The zero-order chi connectivity index (χ0) is 25.9. The van der Waals surface area contributed by atoms with Crippen molar-refractivity contribution in [2.45, 2.75) is 0 Å². The molecule has 0 N–H and O–H groups in total. The van der Waals surface area contributed by atoms with Crippen molar-refractivity contribution >= 4 is 45.9 Å². The van der Waals surface area contributed by atoms with Crippen LogP contribution in [-0.2, 0) is 0 Å². The molecule has 0 aliphatic carbocycles. The molecule has 0 heterocycles. The van der Waals surface area contributed by atoms with E-state index in [9.17, 15) is 0 Å². The lowest BCUT2D eigenvalue weighted by Crippen LogP contribution is -2.74. The molecule has 4 nitrogen and oxygen atoms in total. The summed E-state index contributed by atoms with van der Waals surface area (Å²) in [6.45, 7) is 0. The van der Waals surface area contributed by atoms with Crippen LogP contribution in [0.15, 0.2) is 97.1 Å². The molecular formula is C31H37N3OSi. The van der Waals surface area contributed by atoms with Crippen LogP contribution in [0.5, 0.6) is 5.75 Å². The third-order valence-electron chi connectivity index (χ3n) is 6.97. The first-order valence-electron chi connectivity index (χ1n) is 12.3. The third-order valence-corrected chi connectivity index (χ3v) is 11.8. The van der Waals surface area contributed by atoms with Gasteiger partial charge in [0.1, 0.15) is 5.75 Å². The fourth-order valence-electron chi connectivity index (χ4n) is 4.87. The second-order valence-electron chi connectivity index (χ2n) is 9.80. The summed E-state index contributed by atoms with van der Waals surface area (Å²) in [4.78, 5) is 6.45. The zero-order valence-electron chi connectivity index (χ0n) is 22.5. The Morgan fingerprint density at radius 3 is 0.889 bits per heavy atom. The quantitative estimate of drug-likeness (QED) is 0.276. The summed E-state index contributed by atoms with van der Waals surface area (Å²) in [5, 5.41) is 5.39. The van der Waals surface area contributed by atoms with E-state index < -0.39 is 8.07 Å². The molecule has 0 radical (unpaired) electrons. The predicted molar refractivity (Wildman–Crippen MR) is 160 cm³/mol. The highest BCUT2D eigenvalue weighted by Gasteiger charge is 2.41. The van der Waals surface area contributed by atoms with Gasteiger partial charge in [-0.3, -0.25) is 0 Å². The molecule has 5 heteroatoms. The van der Waals surface area contributed by atoms with Crippen LogP contribution in [-0.4, -0.2) is 57.5 Å². The third kappa shape index (κ3) is 4.71. The van der Waals surface area contributed by atoms with Gasteiger partial charge in [0.25, 0.3) is 0 Å². The lowest BCUT2D eigenvalue weighted by atomic mass is 10.3. The molecule has 0 saturated heterocycles. The number of nitrogens with zero attached hydrogens (tertiary/aromatic N) is 3. The summed E-state index contributed by atoms with van der Waals surface area (Å²) in [6.07, 6.45) is 0. The Bertz CT molecular complexity index is 1140. The standard InChI is InChI=1S/C31H37N3OSi/c1-32(2)24-8-16-28(17-9-24)36(31-22-14-27(35-7)15-23-31,29-18-10-25(11-19-29)33(3)4)30-20-12-26(13-21-30)34(5)6/h8-23H,1-7H3. The van der Waals surface area contributed by atoms with Crippen LogP contribution in [0.4, 0.5) is 17.1 Å². The maximum absolute atomic E-state index is 5.52. The summed E-state index contributed by atoms with van der Waals surface area (Å²) in [6, 6.07) is 36.1. The Morgan fingerprint density at radius 1 is 0.417 bits per heavy atom. The molecule has 0 spiro atoms. The highest BCUT2D eigenvalue weighted by Crippen LogP contribution is 2.18. The fourth-order valence-corrected chi connectivity index (χ4v) is 9.54. The number of methoxy groups -OCH3 is 1. The average Bonchev–Trinajstić information content (AvgIpc) is 2.90. The SMILES string of the molecule is COc1ccc([Si](c2ccc(N(C)C)cc2)(c2ccc(N(C)C)cc2)c2ccc(N(C)C)cc2)cc1. The molecule has 36 heavy (non-hydrogen) atoms. The Labute approximate surface area is 217 Å². The van der Waals surface area contributed by atoms with E-state index in [0.29, 0.717) is 0 Å². The van der Waals surface area contributed by atoms with Gasteiger partial charge in [-0.05, 0) is 69.3 Å². The molecular weight excluding hydrogens is 458 g/mol. The van der Waals surface area contributed by atoms with Crippen LogP contribution in [0.1, 0.15) is 0 Å². The Morgan fingerprint density at radius 2 is 0.667 bits per heavy atom. The van der Waals surface area contributed by atoms with Gasteiger partial charge in [0, 0.05) is 59.3 Å². The monoisotopic (exact) mass is 495 g/mol. The van der Waals surface area contributed by atoms with E-state index in [1.165, 1.54) is 37.8 Å². The number of benzene rings is 4. The minimum Gasteiger partial charge on any atom is -0.497 e. The zero-order valence-corrected chi connectivity index (χ0v) is 23.5. The number of anilines is 3. The molecule has 186 valence electrons. The van der Waals surface area contributed by atoms with Crippen molar-refractivity contribution in [3.63, 3.8) is 0 Å². The van der Waals surface area contributed by atoms with Crippen LogP contribution in [0.25, 0.3) is 0 Å². The molecule has 0 unspecified atom stereocenters. The number of hydrogen-bond acceptors (Lipinski definition) is 4. The lowest BCUT2D eigenvalue weighted by Gasteiger charge is -2.35. The normalized spacial score (nSPS) is 11.2. The Balaban J connectivity index is 2.05. The van der Waals surface area contributed by atoms with Crippen molar-refractivity contribution in [3.8, 4) is 5.75 Å². The summed E-state index contributed by atoms with van der Waals surface area (Å²) < 4.78 is 5.52. The average molecular weight is 496 g/mol. The largest absolute Gasteiger partial charge is 0.497 e. The van der Waals surface area contributed by atoms with Crippen LogP contribution in [0, 0.1) is 0 Å². The predicted octanol–water partition coefficient (Wildman–Crippen LogP) is 3.27. The van der Waals surface area contributed by atoms with Gasteiger partial charge >= 0.3 is 0 Å². The number of ether oxygens (including phenoxy) is 1. The molecule has 4 aromatic rings. The van der Waals surface area contributed by atoms with E-state index in [0.717, 1.165) is 5.75 Å². The first kappa shape index (κ1) is 25.4. The highest BCUT2D eigenvalue weighted by molar-refractivity contribution is 7.19. The maximum Gasteiger partial charge on any atom is 0.179 e. The molecule has 0 aromatic heterocycles. The van der Waals surface area contributed by atoms with Crippen LogP contribution in [0.3, 0.4) is 0 Å². The second-order valence-corrected chi connectivity index (χ2v) is 13.6. The molecule has 4 rings (SSSR count). The van der Waals surface area contributed by atoms with Crippen molar-refractivity contribution in [2.75, 3.05) is 64.1 Å². The number of hydrogen-bond donors (Lipinski definition) is 0. The minimum atomic E-state index is -2.62. The van der Waals surface area contributed by atoms with Crippen LogP contribution in [0.2, 0.25) is 0 Å².